The summed E-state index contributed by atoms with van der Waals surface area (Å²) >= 11 is 0. The van der Waals surface area contributed by atoms with Crippen LogP contribution in [0.25, 0.3) is 11.4 Å². The number of hydrogen-bond acceptors (Lipinski definition) is 5. The van der Waals surface area contributed by atoms with Gasteiger partial charge < -0.3 is 15.2 Å². The molecule has 0 radical (unpaired) electrons. The second-order valence-electron chi connectivity index (χ2n) is 7.06. The smallest absolute Gasteiger partial charge is 0.227 e. The Morgan fingerprint density at radius 3 is 2.88 bits per heavy atom. The summed E-state index contributed by atoms with van der Waals surface area (Å²) in [5, 5.41) is 3.92. The number of nitrogens with zero attached hydrogens (tertiary/aromatic N) is 3. The molecule has 26 heavy (non-hydrogen) atoms. The van der Waals surface area contributed by atoms with Gasteiger partial charge in [0.25, 0.3) is 0 Å². The second-order valence-corrected chi connectivity index (χ2v) is 7.06. The first-order valence-corrected chi connectivity index (χ1v) is 8.47. The van der Waals surface area contributed by atoms with E-state index in [1.165, 1.54) is 6.07 Å². The first-order valence-electron chi connectivity index (χ1n) is 8.47. The Hall–Kier alpha value is -1.99. The summed E-state index contributed by atoms with van der Waals surface area (Å²) in [6.07, 6.45) is 1.65. The molecule has 1 aromatic carbocycles. The Kier molecular flexibility index (Phi) is 6.36. The van der Waals surface area contributed by atoms with Crippen LogP contribution in [0.5, 0.6) is 0 Å². The number of carbonyl (C=O) groups is 1. The summed E-state index contributed by atoms with van der Waals surface area (Å²) in [7, 11) is 0. The zero-order valence-electron chi connectivity index (χ0n) is 15.0. The highest BCUT2D eigenvalue weighted by Gasteiger charge is 2.34. The van der Waals surface area contributed by atoms with Crippen molar-refractivity contribution in [3.8, 4) is 11.4 Å². The van der Waals surface area contributed by atoms with Crippen molar-refractivity contribution < 1.29 is 13.7 Å². The van der Waals surface area contributed by atoms with Crippen molar-refractivity contribution in [2.24, 2.45) is 11.1 Å². The molecule has 2 aromatic rings. The zero-order valence-corrected chi connectivity index (χ0v) is 15.8. The maximum atomic E-state index is 13.3. The van der Waals surface area contributed by atoms with Crippen LogP contribution < -0.4 is 5.73 Å². The Morgan fingerprint density at radius 1 is 1.46 bits per heavy atom. The monoisotopic (exact) mass is 382 g/mol. The fraction of sp³-hybridized carbons (Fsp3) is 0.500. The molecule has 1 atom stereocenters. The van der Waals surface area contributed by atoms with Gasteiger partial charge in [0.2, 0.25) is 17.6 Å². The number of carbonyl (C=O) groups excluding carboxylic acids is 1. The van der Waals surface area contributed by atoms with Crippen molar-refractivity contribution >= 4 is 18.3 Å². The minimum Gasteiger partial charge on any atom is -0.342 e. The maximum absolute atomic E-state index is 13.3. The van der Waals surface area contributed by atoms with E-state index in [1.807, 2.05) is 4.90 Å². The largest absolute Gasteiger partial charge is 0.342 e. The van der Waals surface area contributed by atoms with Crippen LogP contribution in [0, 0.1) is 18.2 Å². The van der Waals surface area contributed by atoms with Gasteiger partial charge in [-0.1, -0.05) is 12.1 Å². The number of aryl methyl sites for hydroxylation is 2. The molecule has 142 valence electrons. The molecule has 6 nitrogen and oxygen atoms in total. The van der Waals surface area contributed by atoms with Gasteiger partial charge in [0.15, 0.2) is 0 Å². The van der Waals surface area contributed by atoms with E-state index in [-0.39, 0.29) is 29.5 Å². The fourth-order valence-electron chi connectivity index (χ4n) is 3.03. The Balaban J connectivity index is 0.00000243. The number of benzene rings is 1. The lowest BCUT2D eigenvalue weighted by Crippen LogP contribution is -2.34. The molecule has 0 bridgehead atoms. The molecule has 1 amide bonds. The first kappa shape index (κ1) is 20.3. The summed E-state index contributed by atoms with van der Waals surface area (Å²) in [5.74, 6) is 0.622. The summed E-state index contributed by atoms with van der Waals surface area (Å²) in [6.45, 7) is 5.82. The number of amides is 1. The number of nitrogens with two attached hydrogens (primary N) is 1. The van der Waals surface area contributed by atoms with E-state index >= 15 is 0 Å². The van der Waals surface area contributed by atoms with Gasteiger partial charge in [-0.15, -0.1) is 12.4 Å². The molecule has 1 fully saturated rings. The van der Waals surface area contributed by atoms with E-state index in [9.17, 15) is 9.18 Å². The number of rotatable bonds is 5. The quantitative estimate of drug-likeness (QED) is 0.859. The van der Waals surface area contributed by atoms with E-state index in [0.717, 1.165) is 13.0 Å². The zero-order chi connectivity index (χ0) is 18.0. The number of hydrogen-bond donors (Lipinski definition) is 1. The normalized spacial score (nSPS) is 19.5. The van der Waals surface area contributed by atoms with Gasteiger partial charge in [0.05, 0.1) is 0 Å². The van der Waals surface area contributed by atoms with Gasteiger partial charge in [-0.05, 0) is 49.1 Å². The Labute approximate surface area is 158 Å². The highest BCUT2D eigenvalue weighted by Crippen LogP contribution is 2.29. The predicted octanol–water partition coefficient (Wildman–Crippen LogP) is 2.74. The molecular weight excluding hydrogens is 359 g/mol. The SMILES string of the molecule is Cc1cc(-c2noc(CCC(=O)N3CCC(C)(CN)C3)n2)ccc1F.Cl. The first-order chi connectivity index (χ1) is 11.9. The fourth-order valence-corrected chi connectivity index (χ4v) is 3.03. The van der Waals surface area contributed by atoms with Crippen molar-refractivity contribution in [2.75, 3.05) is 19.6 Å². The molecule has 3 rings (SSSR count). The topological polar surface area (TPSA) is 85.2 Å². The second kappa shape index (κ2) is 8.14. The minimum absolute atomic E-state index is 0. The lowest BCUT2D eigenvalue weighted by molar-refractivity contribution is -0.130. The van der Waals surface area contributed by atoms with Crippen LogP contribution >= 0.6 is 12.4 Å². The molecule has 1 aliphatic rings. The molecule has 1 unspecified atom stereocenters. The predicted molar refractivity (Wildman–Crippen MR) is 98.4 cm³/mol. The lowest BCUT2D eigenvalue weighted by atomic mass is 9.90. The van der Waals surface area contributed by atoms with Crippen LogP contribution in [0.15, 0.2) is 22.7 Å². The third-order valence-corrected chi connectivity index (χ3v) is 4.84. The summed E-state index contributed by atoms with van der Waals surface area (Å²) in [6, 6.07) is 4.67. The Bertz CT molecular complexity index is 782. The van der Waals surface area contributed by atoms with Crippen LogP contribution in [-0.2, 0) is 11.2 Å². The molecule has 1 saturated heterocycles. The average Bonchev–Trinajstić information content (AvgIpc) is 3.23. The molecule has 2 N–H and O–H groups in total. The average molecular weight is 383 g/mol. The highest BCUT2D eigenvalue weighted by atomic mass is 35.5. The number of halogens is 2. The molecule has 0 saturated carbocycles. The third kappa shape index (κ3) is 4.40. The van der Waals surface area contributed by atoms with Crippen LogP contribution in [0.4, 0.5) is 4.39 Å². The Morgan fingerprint density at radius 2 is 2.23 bits per heavy atom. The molecule has 8 heteroatoms. The van der Waals surface area contributed by atoms with Crippen LogP contribution in [-0.4, -0.2) is 40.6 Å². The third-order valence-electron chi connectivity index (χ3n) is 4.84. The van der Waals surface area contributed by atoms with Crippen LogP contribution in [0.3, 0.4) is 0 Å². The number of aromatic nitrogens is 2. The van der Waals surface area contributed by atoms with Gasteiger partial charge in [0.1, 0.15) is 5.82 Å². The van der Waals surface area contributed by atoms with Crippen molar-refractivity contribution in [1.29, 1.82) is 0 Å². The van der Waals surface area contributed by atoms with Crippen LogP contribution in [0.1, 0.15) is 31.2 Å². The van der Waals surface area contributed by atoms with Crippen molar-refractivity contribution in [3.63, 3.8) is 0 Å². The van der Waals surface area contributed by atoms with Gasteiger partial charge in [-0.3, -0.25) is 4.79 Å². The highest BCUT2D eigenvalue weighted by molar-refractivity contribution is 5.85. The van der Waals surface area contributed by atoms with Gasteiger partial charge in [-0.2, -0.15) is 4.98 Å². The van der Waals surface area contributed by atoms with Crippen molar-refractivity contribution in [2.45, 2.75) is 33.1 Å². The van der Waals surface area contributed by atoms with E-state index in [1.54, 1.807) is 19.1 Å². The molecule has 0 aliphatic carbocycles. The van der Waals surface area contributed by atoms with E-state index in [0.29, 0.717) is 48.8 Å². The molecule has 1 aromatic heterocycles. The summed E-state index contributed by atoms with van der Waals surface area (Å²) < 4.78 is 18.6. The van der Waals surface area contributed by atoms with Gasteiger partial charge in [-0.25, -0.2) is 4.39 Å². The molecule has 2 heterocycles. The molecular formula is C18H24ClFN4O2. The van der Waals surface area contributed by atoms with E-state index < -0.39 is 0 Å². The van der Waals surface area contributed by atoms with E-state index in [4.69, 9.17) is 10.3 Å². The van der Waals surface area contributed by atoms with E-state index in [2.05, 4.69) is 17.1 Å². The van der Waals surface area contributed by atoms with Gasteiger partial charge in [0, 0.05) is 31.5 Å². The number of likely N-dealkylation sites (tertiary alicyclic amines) is 1. The van der Waals surface area contributed by atoms with Crippen molar-refractivity contribution in [3.05, 3.63) is 35.5 Å². The maximum Gasteiger partial charge on any atom is 0.227 e. The summed E-state index contributed by atoms with van der Waals surface area (Å²) in [5.41, 5.74) is 7.02. The summed E-state index contributed by atoms with van der Waals surface area (Å²) in [4.78, 5) is 18.5. The van der Waals surface area contributed by atoms with Gasteiger partial charge >= 0.3 is 0 Å². The molecule has 1 aliphatic heterocycles. The minimum atomic E-state index is -0.270. The molecule has 0 spiro atoms. The van der Waals surface area contributed by atoms with Crippen LogP contribution in [0.2, 0.25) is 0 Å². The standard InChI is InChI=1S/C18H23FN4O2.ClH/c1-12-9-13(3-4-14(12)19)17-21-15(25-22-17)5-6-16(24)23-8-7-18(2,10-20)11-23;/h3-4,9H,5-8,10-11,20H2,1-2H3;1H. The lowest BCUT2D eigenvalue weighted by Gasteiger charge is -2.22. The van der Waals surface area contributed by atoms with Crippen molar-refractivity contribution in [1.82, 2.24) is 15.0 Å².